The summed E-state index contributed by atoms with van der Waals surface area (Å²) in [5.41, 5.74) is 2.34. The van der Waals surface area contributed by atoms with Crippen molar-refractivity contribution in [2.45, 2.75) is 49.6 Å². The number of piperidine rings is 1. The van der Waals surface area contributed by atoms with Crippen molar-refractivity contribution in [1.29, 1.82) is 0 Å². The van der Waals surface area contributed by atoms with Crippen LogP contribution in [0.5, 0.6) is 0 Å². The largest absolute Gasteiger partial charge is 0.339 e. The first-order chi connectivity index (χ1) is 13.7. The molecule has 2 saturated heterocycles. The van der Waals surface area contributed by atoms with E-state index in [0.29, 0.717) is 18.5 Å². The van der Waals surface area contributed by atoms with Gasteiger partial charge in [-0.1, -0.05) is 47.6 Å². The summed E-state index contributed by atoms with van der Waals surface area (Å²) in [7, 11) is 2.21. The van der Waals surface area contributed by atoms with E-state index in [1.807, 2.05) is 30.3 Å². The molecule has 0 saturated carbocycles. The Morgan fingerprint density at radius 1 is 1.07 bits per heavy atom. The Labute approximate surface area is 164 Å². The molecule has 0 radical (unpaired) electrons. The zero-order valence-electron chi connectivity index (χ0n) is 16.0. The second kappa shape index (κ2) is 7.13. The van der Waals surface area contributed by atoms with E-state index in [4.69, 9.17) is 9.51 Å². The molecule has 0 N–H and O–H groups in total. The van der Waals surface area contributed by atoms with E-state index in [9.17, 15) is 4.39 Å². The number of benzene rings is 2. The SMILES string of the molecule is CN1[C@@H]2CC[C@@H]1[C@@H](c1nc(Cc3ccccc3)no1)[C@H](c1ccc(F)cc1)C2. The van der Waals surface area contributed by atoms with E-state index in [1.54, 1.807) is 12.1 Å². The fourth-order valence-electron chi connectivity index (χ4n) is 5.11. The molecule has 3 aromatic rings. The fourth-order valence-corrected chi connectivity index (χ4v) is 5.11. The first-order valence-electron chi connectivity index (χ1n) is 10.0. The lowest BCUT2D eigenvalue weighted by molar-refractivity contribution is 0.120. The number of hydrogen-bond donors (Lipinski definition) is 0. The van der Waals surface area contributed by atoms with Crippen LogP contribution in [0.1, 0.15) is 53.9 Å². The monoisotopic (exact) mass is 377 g/mol. The Morgan fingerprint density at radius 2 is 1.86 bits per heavy atom. The van der Waals surface area contributed by atoms with Crippen LogP contribution in [0.15, 0.2) is 59.1 Å². The molecule has 4 atom stereocenters. The molecule has 0 aliphatic carbocycles. The van der Waals surface area contributed by atoms with Gasteiger partial charge in [0.15, 0.2) is 5.82 Å². The van der Waals surface area contributed by atoms with Crippen LogP contribution in [-0.2, 0) is 6.42 Å². The normalized spacial score (nSPS) is 27.2. The molecule has 2 fully saturated rings. The topological polar surface area (TPSA) is 42.2 Å². The van der Waals surface area contributed by atoms with E-state index in [1.165, 1.54) is 17.5 Å². The summed E-state index contributed by atoms with van der Waals surface area (Å²) in [6, 6.07) is 18.1. The lowest BCUT2D eigenvalue weighted by atomic mass is 9.76. The number of halogens is 1. The minimum Gasteiger partial charge on any atom is -0.339 e. The van der Waals surface area contributed by atoms with Crippen LogP contribution in [0.4, 0.5) is 4.39 Å². The molecule has 0 spiro atoms. The molecule has 2 aliphatic heterocycles. The van der Waals surface area contributed by atoms with Gasteiger partial charge in [-0.15, -0.1) is 0 Å². The smallest absolute Gasteiger partial charge is 0.231 e. The lowest BCUT2D eigenvalue weighted by Gasteiger charge is -2.41. The molecular weight excluding hydrogens is 353 g/mol. The van der Waals surface area contributed by atoms with Crippen molar-refractivity contribution >= 4 is 0 Å². The zero-order valence-corrected chi connectivity index (χ0v) is 16.0. The van der Waals surface area contributed by atoms with Gasteiger partial charge in [0.05, 0.1) is 5.92 Å². The zero-order chi connectivity index (χ0) is 19.1. The summed E-state index contributed by atoms with van der Waals surface area (Å²) in [5, 5.41) is 4.27. The summed E-state index contributed by atoms with van der Waals surface area (Å²) in [6.45, 7) is 0. The second-order valence-corrected chi connectivity index (χ2v) is 8.09. The van der Waals surface area contributed by atoms with Gasteiger partial charge in [0.2, 0.25) is 5.89 Å². The van der Waals surface area contributed by atoms with Gasteiger partial charge in [-0.25, -0.2) is 4.39 Å². The van der Waals surface area contributed by atoms with Crippen LogP contribution < -0.4 is 0 Å². The Hall–Kier alpha value is -2.53. The van der Waals surface area contributed by atoms with Gasteiger partial charge in [0.25, 0.3) is 0 Å². The molecule has 0 amide bonds. The van der Waals surface area contributed by atoms with Crippen LogP contribution in [-0.4, -0.2) is 34.2 Å². The molecule has 0 unspecified atom stereocenters. The molecule has 28 heavy (non-hydrogen) atoms. The fraction of sp³-hybridized carbons (Fsp3) is 0.391. The van der Waals surface area contributed by atoms with Crippen molar-refractivity contribution in [2.75, 3.05) is 7.05 Å². The van der Waals surface area contributed by atoms with E-state index in [2.05, 4.69) is 29.2 Å². The third kappa shape index (κ3) is 3.14. The van der Waals surface area contributed by atoms with Crippen molar-refractivity contribution in [1.82, 2.24) is 15.0 Å². The van der Waals surface area contributed by atoms with Crippen molar-refractivity contribution in [3.05, 3.63) is 83.3 Å². The third-order valence-electron chi connectivity index (χ3n) is 6.54. The molecule has 2 aromatic carbocycles. The predicted molar refractivity (Wildman–Crippen MR) is 105 cm³/mol. The van der Waals surface area contributed by atoms with Gasteiger partial charge in [0.1, 0.15) is 5.82 Å². The highest BCUT2D eigenvalue weighted by Gasteiger charge is 2.48. The molecule has 1 aromatic heterocycles. The number of nitrogens with zero attached hydrogens (tertiary/aromatic N) is 3. The van der Waals surface area contributed by atoms with Crippen molar-refractivity contribution < 1.29 is 8.91 Å². The van der Waals surface area contributed by atoms with E-state index in [-0.39, 0.29) is 17.7 Å². The first-order valence-corrected chi connectivity index (χ1v) is 10.0. The lowest BCUT2D eigenvalue weighted by Crippen LogP contribution is -2.44. The third-order valence-corrected chi connectivity index (χ3v) is 6.54. The molecule has 4 nitrogen and oxygen atoms in total. The highest BCUT2D eigenvalue weighted by Crippen LogP contribution is 2.50. The van der Waals surface area contributed by atoms with Crippen molar-refractivity contribution in [3.63, 3.8) is 0 Å². The number of hydrogen-bond acceptors (Lipinski definition) is 4. The van der Waals surface area contributed by atoms with Gasteiger partial charge in [0, 0.05) is 18.5 Å². The van der Waals surface area contributed by atoms with Crippen LogP contribution in [0.3, 0.4) is 0 Å². The summed E-state index contributed by atoms with van der Waals surface area (Å²) in [4.78, 5) is 7.27. The standard InChI is InChI=1S/C23H24FN3O/c1-27-18-11-12-20(27)22(19(14-18)16-7-9-17(24)10-8-16)23-25-21(26-28-23)13-15-5-3-2-4-6-15/h2-10,18-20,22H,11-14H2,1H3/t18-,19+,20-,22+/m1/s1. The quantitative estimate of drug-likeness (QED) is 0.670. The Balaban J connectivity index is 1.47. The molecule has 2 aliphatic rings. The van der Waals surface area contributed by atoms with Gasteiger partial charge in [-0.2, -0.15) is 4.98 Å². The average molecular weight is 377 g/mol. The van der Waals surface area contributed by atoms with Gasteiger partial charge in [-0.05, 0) is 55.5 Å². The molecule has 5 rings (SSSR count). The maximum atomic E-state index is 13.5. The Kier molecular flexibility index (Phi) is 4.47. The average Bonchev–Trinajstić information content (AvgIpc) is 3.25. The van der Waals surface area contributed by atoms with Crippen LogP contribution in [0, 0.1) is 5.82 Å². The maximum Gasteiger partial charge on any atom is 0.231 e. The summed E-state index contributed by atoms with van der Waals surface area (Å²) >= 11 is 0. The van der Waals surface area contributed by atoms with E-state index in [0.717, 1.165) is 24.6 Å². The van der Waals surface area contributed by atoms with Crippen molar-refractivity contribution in [2.24, 2.45) is 0 Å². The number of likely N-dealkylation sites (N-methyl/N-ethyl adjacent to an activating group) is 1. The summed E-state index contributed by atoms with van der Waals surface area (Å²) in [5.74, 6) is 1.67. The Morgan fingerprint density at radius 3 is 2.64 bits per heavy atom. The summed E-state index contributed by atoms with van der Waals surface area (Å²) in [6.07, 6.45) is 4.04. The highest BCUT2D eigenvalue weighted by molar-refractivity contribution is 5.28. The Bertz CT molecular complexity index is 940. The number of aromatic nitrogens is 2. The molecule has 5 heteroatoms. The minimum absolute atomic E-state index is 0.145. The van der Waals surface area contributed by atoms with Gasteiger partial charge >= 0.3 is 0 Å². The van der Waals surface area contributed by atoms with E-state index < -0.39 is 0 Å². The molecular formula is C23H24FN3O. The molecule has 144 valence electrons. The first kappa shape index (κ1) is 17.6. The van der Waals surface area contributed by atoms with Crippen molar-refractivity contribution in [3.8, 4) is 0 Å². The van der Waals surface area contributed by atoms with Gasteiger partial charge < -0.3 is 4.52 Å². The maximum absolute atomic E-state index is 13.5. The molecule has 2 bridgehead atoms. The second-order valence-electron chi connectivity index (χ2n) is 8.09. The highest BCUT2D eigenvalue weighted by atomic mass is 19.1. The van der Waals surface area contributed by atoms with E-state index >= 15 is 0 Å². The molecule has 3 heterocycles. The van der Waals surface area contributed by atoms with Gasteiger partial charge in [-0.3, -0.25) is 4.90 Å². The van der Waals surface area contributed by atoms with Crippen LogP contribution >= 0.6 is 0 Å². The summed E-state index contributed by atoms with van der Waals surface area (Å²) < 4.78 is 19.3. The number of fused-ring (bicyclic) bond motifs is 2. The van der Waals surface area contributed by atoms with Crippen LogP contribution in [0.2, 0.25) is 0 Å². The number of rotatable bonds is 4. The minimum atomic E-state index is -0.195. The van der Waals surface area contributed by atoms with Crippen LogP contribution in [0.25, 0.3) is 0 Å². The predicted octanol–water partition coefficient (Wildman–Crippen LogP) is 4.53.